The number of carbonyl (C=O) groups is 3. The smallest absolute Gasteiger partial charge is 0.419 e. The highest BCUT2D eigenvalue weighted by molar-refractivity contribution is 5.91. The van der Waals surface area contributed by atoms with E-state index in [1.165, 1.54) is 0 Å². The van der Waals surface area contributed by atoms with E-state index in [0.717, 1.165) is 18.2 Å². The van der Waals surface area contributed by atoms with Crippen molar-refractivity contribution < 1.29 is 51.2 Å². The average molecular weight is 534 g/mol. The van der Waals surface area contributed by atoms with E-state index < -0.39 is 77.2 Å². The SMILES string of the molecule is CCC(C)(C)Oc1cc(C(=O)OC2C3OC(=O)C4C3OC2C4C(=O)Oc2ccccc2)ccc1C(F)(F)F. The Morgan fingerprint density at radius 3 is 2.37 bits per heavy atom. The number of alkyl halides is 3. The standard InChI is InChI=1S/C27H25F3O8/c1-4-26(2,3)38-16-12-13(10-11-15(16)27(28,29)30)23(31)36-21-19-17(18-20(35-19)22(21)37-25(18)33)24(32)34-14-8-6-5-7-9-14/h5-12,17-22H,4H2,1-3H3. The molecule has 202 valence electrons. The monoisotopic (exact) mass is 534 g/mol. The summed E-state index contributed by atoms with van der Waals surface area (Å²) in [6.45, 7) is 5.02. The Balaban J connectivity index is 1.38. The number of halogens is 3. The number of ether oxygens (including phenoxy) is 5. The molecule has 11 heteroatoms. The predicted octanol–water partition coefficient (Wildman–Crippen LogP) is 4.34. The van der Waals surface area contributed by atoms with E-state index in [1.54, 1.807) is 51.1 Å². The van der Waals surface area contributed by atoms with Crippen LogP contribution in [0.1, 0.15) is 43.1 Å². The van der Waals surface area contributed by atoms with Crippen LogP contribution in [0.15, 0.2) is 48.5 Å². The van der Waals surface area contributed by atoms with Crippen LogP contribution in [0.4, 0.5) is 13.2 Å². The lowest BCUT2D eigenvalue weighted by molar-refractivity contribution is -0.149. The number of carbonyl (C=O) groups excluding carboxylic acids is 3. The quantitative estimate of drug-likeness (QED) is 0.382. The normalized spacial score (nSPS) is 27.7. The van der Waals surface area contributed by atoms with Crippen LogP contribution in [0.25, 0.3) is 0 Å². The number of hydrogen-bond acceptors (Lipinski definition) is 8. The van der Waals surface area contributed by atoms with E-state index in [9.17, 15) is 27.6 Å². The summed E-state index contributed by atoms with van der Waals surface area (Å²) >= 11 is 0. The maximum absolute atomic E-state index is 13.6. The summed E-state index contributed by atoms with van der Waals surface area (Å²) in [6.07, 6.45) is -8.22. The van der Waals surface area contributed by atoms with Gasteiger partial charge in [0.15, 0.2) is 12.2 Å². The van der Waals surface area contributed by atoms with Crippen LogP contribution in [-0.2, 0) is 30.0 Å². The second-order valence-electron chi connectivity index (χ2n) is 10.0. The van der Waals surface area contributed by atoms with Gasteiger partial charge in [-0.05, 0) is 50.6 Å². The lowest BCUT2D eigenvalue weighted by Gasteiger charge is -2.28. The molecule has 6 unspecified atom stereocenters. The summed E-state index contributed by atoms with van der Waals surface area (Å²) in [5.74, 6) is -4.61. The van der Waals surface area contributed by atoms with E-state index in [0.29, 0.717) is 6.42 Å². The summed E-state index contributed by atoms with van der Waals surface area (Å²) in [5, 5.41) is 0. The first-order chi connectivity index (χ1) is 17.9. The van der Waals surface area contributed by atoms with Gasteiger partial charge in [0.05, 0.1) is 11.1 Å². The molecule has 6 atom stereocenters. The molecule has 0 aliphatic carbocycles. The van der Waals surface area contributed by atoms with E-state index >= 15 is 0 Å². The molecule has 0 N–H and O–H groups in total. The highest BCUT2D eigenvalue weighted by Crippen LogP contribution is 2.51. The van der Waals surface area contributed by atoms with E-state index in [1.807, 2.05) is 0 Å². The van der Waals surface area contributed by atoms with Gasteiger partial charge in [-0.15, -0.1) is 0 Å². The van der Waals surface area contributed by atoms with Crippen molar-refractivity contribution in [2.75, 3.05) is 0 Å². The van der Waals surface area contributed by atoms with Gasteiger partial charge < -0.3 is 23.7 Å². The van der Waals surface area contributed by atoms with Gasteiger partial charge in [0.1, 0.15) is 41.1 Å². The first-order valence-electron chi connectivity index (χ1n) is 12.1. The molecule has 0 radical (unpaired) electrons. The summed E-state index contributed by atoms with van der Waals surface area (Å²) in [6, 6.07) is 10.9. The zero-order valence-corrected chi connectivity index (χ0v) is 20.7. The molecule has 0 saturated carbocycles. The molecule has 38 heavy (non-hydrogen) atoms. The molecular formula is C27H25F3O8. The second kappa shape index (κ2) is 9.30. The first kappa shape index (κ1) is 26.0. The molecule has 2 aromatic rings. The third-order valence-corrected chi connectivity index (χ3v) is 7.14. The topological polar surface area (TPSA) is 97.4 Å². The molecule has 3 heterocycles. The van der Waals surface area contributed by atoms with Crippen LogP contribution in [0, 0.1) is 11.8 Å². The predicted molar refractivity (Wildman–Crippen MR) is 123 cm³/mol. The number of rotatable bonds is 7. The molecule has 0 aromatic heterocycles. The highest BCUT2D eigenvalue weighted by atomic mass is 19.4. The lowest BCUT2D eigenvalue weighted by atomic mass is 9.78. The van der Waals surface area contributed by atoms with Crippen molar-refractivity contribution in [2.24, 2.45) is 11.8 Å². The minimum Gasteiger partial charge on any atom is -0.487 e. The molecule has 2 bridgehead atoms. The van der Waals surface area contributed by atoms with Gasteiger partial charge in [-0.1, -0.05) is 25.1 Å². The Morgan fingerprint density at radius 1 is 1.00 bits per heavy atom. The molecule has 3 saturated heterocycles. The van der Waals surface area contributed by atoms with Crippen LogP contribution in [0.3, 0.4) is 0 Å². The third-order valence-electron chi connectivity index (χ3n) is 7.14. The Kier molecular flexibility index (Phi) is 6.37. The van der Waals surface area contributed by atoms with Gasteiger partial charge in [-0.25, -0.2) is 4.79 Å². The Hall–Kier alpha value is -3.60. The van der Waals surface area contributed by atoms with Gasteiger partial charge in [0.25, 0.3) is 0 Å². The average Bonchev–Trinajstić information content (AvgIpc) is 3.47. The van der Waals surface area contributed by atoms with Crippen LogP contribution in [0.2, 0.25) is 0 Å². The maximum atomic E-state index is 13.6. The first-order valence-corrected chi connectivity index (χ1v) is 12.1. The van der Waals surface area contributed by atoms with Crippen LogP contribution in [-0.4, -0.2) is 47.9 Å². The molecule has 2 aromatic carbocycles. The zero-order chi connectivity index (χ0) is 27.4. The summed E-state index contributed by atoms with van der Waals surface area (Å²) < 4.78 is 68.6. The van der Waals surface area contributed by atoms with Crippen molar-refractivity contribution in [3.63, 3.8) is 0 Å². The summed E-state index contributed by atoms with van der Waals surface area (Å²) in [4.78, 5) is 38.6. The maximum Gasteiger partial charge on any atom is 0.419 e. The number of fused-ring (bicyclic) bond motifs is 1. The van der Waals surface area contributed by atoms with Gasteiger partial charge >= 0.3 is 24.1 Å². The van der Waals surface area contributed by atoms with Gasteiger partial charge in [0, 0.05) is 0 Å². The number of hydrogen-bond donors (Lipinski definition) is 0. The van der Waals surface area contributed by atoms with Gasteiger partial charge in [0.2, 0.25) is 0 Å². The van der Waals surface area contributed by atoms with Crippen LogP contribution < -0.4 is 9.47 Å². The minimum atomic E-state index is -4.71. The summed E-state index contributed by atoms with van der Waals surface area (Å²) in [7, 11) is 0. The number of esters is 3. The molecule has 0 amide bonds. The molecule has 0 spiro atoms. The largest absolute Gasteiger partial charge is 0.487 e. The van der Waals surface area contributed by atoms with E-state index in [2.05, 4.69) is 0 Å². The van der Waals surface area contributed by atoms with E-state index in [4.69, 9.17) is 23.7 Å². The minimum absolute atomic E-state index is 0.202. The Morgan fingerprint density at radius 2 is 1.71 bits per heavy atom. The van der Waals surface area contributed by atoms with Crippen LogP contribution >= 0.6 is 0 Å². The fourth-order valence-corrected chi connectivity index (χ4v) is 4.94. The van der Waals surface area contributed by atoms with Crippen molar-refractivity contribution in [1.82, 2.24) is 0 Å². The Bertz CT molecular complexity index is 1260. The number of benzene rings is 2. The fourth-order valence-electron chi connectivity index (χ4n) is 4.94. The Labute approximate surface area is 215 Å². The van der Waals surface area contributed by atoms with E-state index in [-0.39, 0.29) is 11.3 Å². The molecule has 8 nitrogen and oxygen atoms in total. The third kappa shape index (κ3) is 4.59. The van der Waals surface area contributed by atoms with Gasteiger partial charge in [-0.2, -0.15) is 13.2 Å². The van der Waals surface area contributed by atoms with Crippen molar-refractivity contribution in [3.8, 4) is 11.5 Å². The van der Waals surface area contributed by atoms with Crippen LogP contribution in [0.5, 0.6) is 11.5 Å². The molecule has 5 rings (SSSR count). The highest BCUT2D eigenvalue weighted by Gasteiger charge is 2.72. The lowest BCUT2D eigenvalue weighted by Crippen LogP contribution is -2.48. The van der Waals surface area contributed by atoms with Crippen molar-refractivity contribution in [2.45, 2.75) is 63.4 Å². The molecule has 3 fully saturated rings. The molecule has 3 aliphatic rings. The fraction of sp³-hybridized carbons (Fsp3) is 0.444. The second-order valence-corrected chi connectivity index (χ2v) is 10.0. The number of para-hydroxylation sites is 1. The van der Waals surface area contributed by atoms with Crippen molar-refractivity contribution >= 4 is 17.9 Å². The molecular weight excluding hydrogens is 509 g/mol. The zero-order valence-electron chi connectivity index (χ0n) is 20.7. The summed E-state index contributed by atoms with van der Waals surface area (Å²) in [5.41, 5.74) is -2.16. The van der Waals surface area contributed by atoms with Crippen molar-refractivity contribution in [1.29, 1.82) is 0 Å². The van der Waals surface area contributed by atoms with Crippen molar-refractivity contribution in [3.05, 3.63) is 59.7 Å². The molecule has 3 aliphatic heterocycles. The van der Waals surface area contributed by atoms with Gasteiger partial charge in [-0.3, -0.25) is 9.59 Å².